The van der Waals surface area contributed by atoms with E-state index < -0.39 is 5.97 Å². The number of esters is 1. The lowest BCUT2D eigenvalue weighted by molar-refractivity contribution is 0.0499. The Bertz CT molecular complexity index is 984. The normalized spacial score (nSPS) is 10.7. The number of aromatic nitrogens is 2. The number of hydrogen-bond acceptors (Lipinski definition) is 6. The second kappa shape index (κ2) is 8.69. The van der Waals surface area contributed by atoms with Crippen LogP contribution >= 0.6 is 0 Å². The molecule has 3 rings (SSSR count). The van der Waals surface area contributed by atoms with E-state index in [0.29, 0.717) is 24.5 Å². The molecule has 0 bridgehead atoms. The van der Waals surface area contributed by atoms with Crippen LogP contribution in [0.25, 0.3) is 11.0 Å². The molecular formula is C22H25N3O3. The summed E-state index contributed by atoms with van der Waals surface area (Å²) in [4.78, 5) is 21.8. The summed E-state index contributed by atoms with van der Waals surface area (Å²) in [5, 5.41) is 3.20. The highest BCUT2D eigenvalue weighted by Gasteiger charge is 2.19. The van der Waals surface area contributed by atoms with Crippen LogP contribution in [0.2, 0.25) is 0 Å². The van der Waals surface area contributed by atoms with E-state index in [1.54, 1.807) is 0 Å². The van der Waals surface area contributed by atoms with Crippen molar-refractivity contribution in [1.29, 1.82) is 0 Å². The Hall–Kier alpha value is -3.15. The highest BCUT2D eigenvalue weighted by molar-refractivity contribution is 5.96. The number of aryl methyl sites for hydroxylation is 2. The Morgan fingerprint density at radius 2 is 1.64 bits per heavy atom. The lowest BCUT2D eigenvalue weighted by Crippen LogP contribution is -2.13. The average Bonchev–Trinajstić information content (AvgIpc) is 2.68. The molecule has 1 N–H and O–H groups in total. The number of nitrogens with zero attached hydrogens (tertiary/aromatic N) is 2. The molecule has 0 amide bonds. The zero-order valence-corrected chi connectivity index (χ0v) is 16.7. The van der Waals surface area contributed by atoms with Crippen molar-refractivity contribution >= 4 is 28.5 Å². The Kier molecular flexibility index (Phi) is 6.09. The largest absolute Gasteiger partial charge is 0.494 e. The first-order chi connectivity index (χ1) is 13.5. The molecule has 6 nitrogen and oxygen atoms in total. The van der Waals surface area contributed by atoms with Crippen LogP contribution in [0.1, 0.15) is 41.9 Å². The van der Waals surface area contributed by atoms with Gasteiger partial charge in [0.15, 0.2) is 11.5 Å². The van der Waals surface area contributed by atoms with Gasteiger partial charge in [0.25, 0.3) is 0 Å². The minimum absolute atomic E-state index is 0.179. The highest BCUT2D eigenvalue weighted by Crippen LogP contribution is 2.25. The summed E-state index contributed by atoms with van der Waals surface area (Å²) in [7, 11) is 0. The van der Waals surface area contributed by atoms with Gasteiger partial charge in [-0.25, -0.2) is 14.8 Å². The summed E-state index contributed by atoms with van der Waals surface area (Å²) in [6.45, 7) is 8.87. The van der Waals surface area contributed by atoms with Crippen LogP contribution in [-0.4, -0.2) is 29.2 Å². The van der Waals surface area contributed by atoms with Gasteiger partial charge in [-0.3, -0.25) is 0 Å². The van der Waals surface area contributed by atoms with E-state index in [1.165, 1.54) is 0 Å². The van der Waals surface area contributed by atoms with Crippen molar-refractivity contribution in [2.75, 3.05) is 18.5 Å². The van der Waals surface area contributed by atoms with Gasteiger partial charge in [0, 0.05) is 5.69 Å². The van der Waals surface area contributed by atoms with Gasteiger partial charge in [-0.2, -0.15) is 0 Å². The van der Waals surface area contributed by atoms with Gasteiger partial charge in [-0.15, -0.1) is 0 Å². The van der Waals surface area contributed by atoms with E-state index in [9.17, 15) is 4.79 Å². The number of carbonyl (C=O) groups is 1. The average molecular weight is 379 g/mol. The van der Waals surface area contributed by atoms with Gasteiger partial charge in [-0.1, -0.05) is 6.92 Å². The van der Waals surface area contributed by atoms with Crippen molar-refractivity contribution in [2.45, 2.75) is 34.1 Å². The molecule has 0 aliphatic heterocycles. The molecular weight excluding hydrogens is 354 g/mol. The van der Waals surface area contributed by atoms with Crippen LogP contribution in [0.3, 0.4) is 0 Å². The van der Waals surface area contributed by atoms with Gasteiger partial charge in [0.05, 0.1) is 24.2 Å². The van der Waals surface area contributed by atoms with Gasteiger partial charge in [-0.05, 0) is 74.7 Å². The summed E-state index contributed by atoms with van der Waals surface area (Å²) >= 11 is 0. The van der Waals surface area contributed by atoms with Crippen LogP contribution in [0.15, 0.2) is 36.4 Å². The number of fused-ring (bicyclic) bond motifs is 1. The number of carbonyl (C=O) groups excluding carboxylic acids is 1. The monoisotopic (exact) mass is 379 g/mol. The molecule has 3 aromatic rings. The fourth-order valence-electron chi connectivity index (χ4n) is 2.74. The smallest absolute Gasteiger partial charge is 0.360 e. The van der Waals surface area contributed by atoms with Gasteiger partial charge in [0.1, 0.15) is 5.75 Å². The molecule has 1 aromatic heterocycles. The molecule has 6 heteroatoms. The highest BCUT2D eigenvalue weighted by atomic mass is 16.5. The molecule has 2 aromatic carbocycles. The van der Waals surface area contributed by atoms with Crippen molar-refractivity contribution in [2.24, 2.45) is 0 Å². The third kappa shape index (κ3) is 4.39. The molecule has 0 aliphatic rings. The second-order valence-electron chi connectivity index (χ2n) is 6.56. The first-order valence-corrected chi connectivity index (χ1v) is 9.47. The molecule has 0 atom stereocenters. The lowest BCUT2D eigenvalue weighted by atomic mass is 10.1. The Balaban J connectivity index is 2.01. The summed E-state index contributed by atoms with van der Waals surface area (Å²) in [5.41, 5.74) is 4.58. The fraction of sp³-hybridized carbons (Fsp3) is 0.318. The number of benzene rings is 2. The van der Waals surface area contributed by atoms with Crippen molar-refractivity contribution in [3.8, 4) is 5.75 Å². The van der Waals surface area contributed by atoms with Gasteiger partial charge < -0.3 is 14.8 Å². The zero-order chi connectivity index (χ0) is 20.1. The summed E-state index contributed by atoms with van der Waals surface area (Å²) < 4.78 is 10.8. The van der Waals surface area contributed by atoms with Gasteiger partial charge >= 0.3 is 5.97 Å². The summed E-state index contributed by atoms with van der Waals surface area (Å²) in [5.74, 6) is 0.676. The molecule has 0 saturated carbocycles. The number of nitrogens with one attached hydrogen (secondary N) is 1. The summed E-state index contributed by atoms with van der Waals surface area (Å²) in [6.07, 6.45) is 0.743. The SMILES string of the molecule is CCCOC(=O)c1nc2cc(C)c(C)cc2nc1Nc1ccc(OCC)cc1. The lowest BCUT2D eigenvalue weighted by Gasteiger charge is -2.13. The maximum Gasteiger partial charge on any atom is 0.360 e. The molecule has 0 radical (unpaired) electrons. The molecule has 28 heavy (non-hydrogen) atoms. The number of hydrogen-bond donors (Lipinski definition) is 1. The molecule has 1 heterocycles. The number of anilines is 2. The van der Waals surface area contributed by atoms with E-state index in [0.717, 1.165) is 34.5 Å². The maximum atomic E-state index is 12.6. The first-order valence-electron chi connectivity index (χ1n) is 9.47. The predicted molar refractivity (Wildman–Crippen MR) is 110 cm³/mol. The minimum atomic E-state index is -0.483. The zero-order valence-electron chi connectivity index (χ0n) is 16.7. The molecule has 0 spiro atoms. The van der Waals surface area contributed by atoms with Crippen molar-refractivity contribution in [3.05, 3.63) is 53.2 Å². The molecule has 0 saturated heterocycles. The van der Waals surface area contributed by atoms with E-state index in [-0.39, 0.29) is 5.69 Å². The van der Waals surface area contributed by atoms with Crippen LogP contribution in [0, 0.1) is 13.8 Å². The molecule has 0 aliphatic carbocycles. The Morgan fingerprint density at radius 1 is 1.00 bits per heavy atom. The third-order valence-electron chi connectivity index (χ3n) is 4.34. The van der Waals surface area contributed by atoms with Crippen LogP contribution < -0.4 is 10.1 Å². The van der Waals surface area contributed by atoms with Gasteiger partial charge in [0.2, 0.25) is 0 Å². The van der Waals surface area contributed by atoms with E-state index in [4.69, 9.17) is 9.47 Å². The summed E-state index contributed by atoms with van der Waals surface area (Å²) in [6, 6.07) is 11.4. The predicted octanol–water partition coefficient (Wildman–Crippen LogP) is 4.96. The minimum Gasteiger partial charge on any atom is -0.494 e. The van der Waals surface area contributed by atoms with Crippen molar-refractivity contribution in [1.82, 2.24) is 9.97 Å². The Morgan fingerprint density at radius 3 is 2.25 bits per heavy atom. The molecule has 0 unspecified atom stereocenters. The van der Waals surface area contributed by atoms with Crippen molar-refractivity contribution in [3.63, 3.8) is 0 Å². The van der Waals surface area contributed by atoms with Crippen LogP contribution in [0.4, 0.5) is 11.5 Å². The standard InChI is InChI=1S/C22H25N3O3/c1-5-11-28-22(26)20-21(23-16-7-9-17(10-8-16)27-6-2)25-19-13-15(4)14(3)12-18(19)24-20/h7-10,12-13H,5-6,11H2,1-4H3,(H,23,25). The third-order valence-corrected chi connectivity index (χ3v) is 4.34. The molecule has 146 valence electrons. The first kappa shape index (κ1) is 19.6. The topological polar surface area (TPSA) is 73.3 Å². The van der Waals surface area contributed by atoms with E-state index in [2.05, 4.69) is 15.3 Å². The fourth-order valence-corrected chi connectivity index (χ4v) is 2.74. The second-order valence-corrected chi connectivity index (χ2v) is 6.56. The van der Waals surface area contributed by atoms with Crippen molar-refractivity contribution < 1.29 is 14.3 Å². The maximum absolute atomic E-state index is 12.6. The molecule has 0 fully saturated rings. The quantitative estimate of drug-likeness (QED) is 0.585. The van der Waals surface area contributed by atoms with E-state index in [1.807, 2.05) is 64.1 Å². The van der Waals surface area contributed by atoms with E-state index >= 15 is 0 Å². The van der Waals surface area contributed by atoms with Crippen LogP contribution in [0.5, 0.6) is 5.75 Å². The Labute approximate surface area is 164 Å². The number of rotatable bonds is 7. The number of ether oxygens (including phenoxy) is 2. The van der Waals surface area contributed by atoms with Crippen LogP contribution in [-0.2, 0) is 4.74 Å².